The first-order valence-corrected chi connectivity index (χ1v) is 7.81. The Kier molecular flexibility index (Phi) is 4.44. The lowest BCUT2D eigenvalue weighted by atomic mass is 9.99. The second-order valence-electron chi connectivity index (χ2n) is 5.79. The van der Waals surface area contributed by atoms with E-state index in [1.165, 1.54) is 0 Å². The lowest BCUT2D eigenvalue weighted by molar-refractivity contribution is -0.116. The summed E-state index contributed by atoms with van der Waals surface area (Å²) in [5.41, 5.74) is 2.44. The molecular formula is C18H17N3O4. The minimum atomic E-state index is -0.397. The van der Waals surface area contributed by atoms with Crippen LogP contribution in [0.2, 0.25) is 0 Å². The monoisotopic (exact) mass is 339 g/mol. The van der Waals surface area contributed by atoms with E-state index in [0.29, 0.717) is 34.9 Å². The van der Waals surface area contributed by atoms with Crippen LogP contribution in [0.25, 0.3) is 0 Å². The third-order valence-corrected chi connectivity index (χ3v) is 4.18. The van der Waals surface area contributed by atoms with Gasteiger partial charge in [-0.15, -0.1) is 0 Å². The molecule has 7 nitrogen and oxygen atoms in total. The highest BCUT2D eigenvalue weighted by Gasteiger charge is 2.16. The number of aromatic nitrogens is 1. The lowest BCUT2D eigenvalue weighted by Crippen LogP contribution is -2.18. The molecule has 25 heavy (non-hydrogen) atoms. The number of aromatic amines is 1. The normalized spacial score (nSPS) is 11.9. The van der Waals surface area contributed by atoms with E-state index in [1.807, 2.05) is 6.07 Å². The number of H-pyrrole nitrogens is 1. The number of carbonyl (C=O) groups excluding carboxylic acids is 1. The molecule has 0 spiro atoms. The van der Waals surface area contributed by atoms with E-state index >= 15 is 0 Å². The molecular weight excluding hydrogens is 322 g/mol. The van der Waals surface area contributed by atoms with Gasteiger partial charge in [-0.05, 0) is 43.5 Å². The Hall–Kier alpha value is -3.27. The van der Waals surface area contributed by atoms with E-state index < -0.39 is 5.56 Å². The molecule has 128 valence electrons. The quantitative estimate of drug-likeness (QED) is 0.888. The maximum Gasteiger partial charge on any atom is 0.266 e. The summed E-state index contributed by atoms with van der Waals surface area (Å²) in [5.74, 6) is 1.09. The number of anilines is 1. The fourth-order valence-electron chi connectivity index (χ4n) is 2.86. The van der Waals surface area contributed by atoms with E-state index in [4.69, 9.17) is 14.7 Å². The Morgan fingerprint density at radius 1 is 1.32 bits per heavy atom. The molecule has 3 rings (SSSR count). The molecule has 2 aromatic rings. The molecule has 0 saturated heterocycles. The number of hydrogen-bond acceptors (Lipinski definition) is 5. The van der Waals surface area contributed by atoms with Gasteiger partial charge in [0.1, 0.15) is 11.6 Å². The first-order chi connectivity index (χ1) is 12.0. The van der Waals surface area contributed by atoms with Crippen LogP contribution in [0.5, 0.6) is 11.5 Å². The molecule has 1 amide bonds. The summed E-state index contributed by atoms with van der Waals surface area (Å²) in [4.78, 5) is 26.6. The van der Waals surface area contributed by atoms with Crippen molar-refractivity contribution in [2.75, 3.05) is 12.1 Å². The first-order valence-electron chi connectivity index (χ1n) is 7.81. The van der Waals surface area contributed by atoms with E-state index in [2.05, 4.69) is 10.3 Å². The molecule has 1 aliphatic rings. The van der Waals surface area contributed by atoms with Crippen molar-refractivity contribution in [3.63, 3.8) is 0 Å². The number of ether oxygens (including phenoxy) is 2. The Morgan fingerprint density at radius 2 is 2.08 bits per heavy atom. The van der Waals surface area contributed by atoms with Gasteiger partial charge in [0.25, 0.3) is 5.56 Å². The van der Waals surface area contributed by atoms with Gasteiger partial charge in [0.05, 0.1) is 0 Å². The van der Waals surface area contributed by atoms with Crippen molar-refractivity contribution < 1.29 is 14.3 Å². The van der Waals surface area contributed by atoms with Crippen LogP contribution < -0.4 is 20.3 Å². The Morgan fingerprint density at radius 3 is 2.84 bits per heavy atom. The standard InChI is InChI=1S/C18H17N3O4/c1-10-13(11(2)20-18(23)14(10)8-19)4-6-17(22)21-12-3-5-15-16(7-12)25-9-24-15/h3,5,7H,4,6,9H2,1-2H3,(H,20,23)(H,21,22). The molecule has 0 unspecified atom stereocenters. The van der Waals surface area contributed by atoms with Gasteiger partial charge in [-0.3, -0.25) is 9.59 Å². The fraction of sp³-hybridized carbons (Fsp3) is 0.278. The number of benzene rings is 1. The van der Waals surface area contributed by atoms with Crippen molar-refractivity contribution in [1.29, 1.82) is 5.26 Å². The first kappa shape index (κ1) is 16.6. The van der Waals surface area contributed by atoms with Crippen molar-refractivity contribution in [1.82, 2.24) is 4.98 Å². The number of pyridine rings is 1. The number of amides is 1. The summed E-state index contributed by atoms with van der Waals surface area (Å²) in [6.45, 7) is 3.67. The number of nitriles is 1. The van der Waals surface area contributed by atoms with Gasteiger partial charge in [0, 0.05) is 23.9 Å². The van der Waals surface area contributed by atoms with E-state index in [-0.39, 0.29) is 24.7 Å². The van der Waals surface area contributed by atoms with Crippen molar-refractivity contribution in [3.05, 3.63) is 50.9 Å². The number of hydrogen-bond donors (Lipinski definition) is 2. The number of fused-ring (bicyclic) bond motifs is 1. The average molecular weight is 339 g/mol. The number of rotatable bonds is 4. The van der Waals surface area contributed by atoms with Crippen LogP contribution in [0, 0.1) is 25.2 Å². The highest BCUT2D eigenvalue weighted by Crippen LogP contribution is 2.34. The van der Waals surface area contributed by atoms with Crippen molar-refractivity contribution in [3.8, 4) is 17.6 Å². The Balaban J connectivity index is 1.69. The predicted molar refractivity (Wildman–Crippen MR) is 90.8 cm³/mol. The maximum absolute atomic E-state index is 12.2. The van der Waals surface area contributed by atoms with Crippen molar-refractivity contribution in [2.24, 2.45) is 0 Å². The smallest absolute Gasteiger partial charge is 0.266 e. The van der Waals surface area contributed by atoms with Gasteiger partial charge in [-0.1, -0.05) is 0 Å². The van der Waals surface area contributed by atoms with Crippen LogP contribution in [0.4, 0.5) is 5.69 Å². The van der Waals surface area contributed by atoms with Crippen molar-refractivity contribution >= 4 is 11.6 Å². The van der Waals surface area contributed by atoms with Gasteiger partial charge in [-0.25, -0.2) is 0 Å². The summed E-state index contributed by atoms with van der Waals surface area (Å²) in [6.07, 6.45) is 0.659. The maximum atomic E-state index is 12.2. The molecule has 1 aliphatic heterocycles. The molecule has 0 saturated carbocycles. The third-order valence-electron chi connectivity index (χ3n) is 4.18. The number of nitrogens with one attached hydrogen (secondary N) is 2. The van der Waals surface area contributed by atoms with Gasteiger partial charge >= 0.3 is 0 Å². The summed E-state index contributed by atoms with van der Waals surface area (Å²) >= 11 is 0. The third kappa shape index (κ3) is 3.33. The molecule has 0 radical (unpaired) electrons. The predicted octanol–water partition coefficient (Wildman–Crippen LogP) is 2.16. The lowest BCUT2D eigenvalue weighted by Gasteiger charge is -2.11. The number of aryl methyl sites for hydroxylation is 1. The van der Waals surface area contributed by atoms with Crippen molar-refractivity contribution in [2.45, 2.75) is 26.7 Å². The summed E-state index contributed by atoms with van der Waals surface area (Å²) < 4.78 is 10.5. The van der Waals surface area contributed by atoms with Gasteiger partial charge in [0.2, 0.25) is 12.7 Å². The van der Waals surface area contributed by atoms with Crippen LogP contribution in [-0.2, 0) is 11.2 Å². The SMILES string of the molecule is Cc1[nH]c(=O)c(C#N)c(C)c1CCC(=O)Nc1ccc2c(c1)OCO2. The highest BCUT2D eigenvalue weighted by atomic mass is 16.7. The molecule has 0 bridgehead atoms. The van der Waals surface area contributed by atoms with Crippen LogP contribution in [-0.4, -0.2) is 17.7 Å². The zero-order valence-corrected chi connectivity index (χ0v) is 13.9. The van der Waals surface area contributed by atoms with Crippen LogP contribution in [0.15, 0.2) is 23.0 Å². The van der Waals surface area contributed by atoms with Gasteiger partial charge in [-0.2, -0.15) is 5.26 Å². The molecule has 1 aromatic carbocycles. The van der Waals surface area contributed by atoms with Crippen LogP contribution in [0.3, 0.4) is 0 Å². The van der Waals surface area contributed by atoms with Gasteiger partial charge in [0.15, 0.2) is 11.5 Å². The minimum absolute atomic E-state index is 0.0942. The fourth-order valence-corrected chi connectivity index (χ4v) is 2.86. The molecule has 2 heterocycles. The van der Waals surface area contributed by atoms with Gasteiger partial charge < -0.3 is 19.8 Å². The zero-order chi connectivity index (χ0) is 18.0. The largest absolute Gasteiger partial charge is 0.454 e. The molecule has 0 aliphatic carbocycles. The number of carbonyl (C=O) groups is 1. The zero-order valence-electron chi connectivity index (χ0n) is 13.9. The molecule has 0 atom stereocenters. The summed E-state index contributed by atoms with van der Waals surface area (Å²) in [7, 11) is 0. The molecule has 0 fully saturated rings. The minimum Gasteiger partial charge on any atom is -0.454 e. The molecule has 2 N–H and O–H groups in total. The van der Waals surface area contributed by atoms with E-state index in [9.17, 15) is 9.59 Å². The summed E-state index contributed by atoms with van der Waals surface area (Å²) in [6, 6.07) is 7.11. The summed E-state index contributed by atoms with van der Waals surface area (Å²) in [5, 5.41) is 11.9. The number of nitrogens with zero attached hydrogens (tertiary/aromatic N) is 1. The molecule has 1 aromatic heterocycles. The highest BCUT2D eigenvalue weighted by molar-refractivity contribution is 5.91. The average Bonchev–Trinajstić information content (AvgIpc) is 3.02. The molecule has 7 heteroatoms. The van der Waals surface area contributed by atoms with Crippen LogP contribution >= 0.6 is 0 Å². The van der Waals surface area contributed by atoms with Crippen LogP contribution in [0.1, 0.15) is 28.8 Å². The second kappa shape index (κ2) is 6.69. The Labute approximate surface area is 144 Å². The van der Waals surface area contributed by atoms with E-state index in [1.54, 1.807) is 32.0 Å². The van der Waals surface area contributed by atoms with E-state index in [0.717, 1.165) is 5.56 Å². The topological polar surface area (TPSA) is 104 Å². The Bertz CT molecular complexity index is 941. The second-order valence-corrected chi connectivity index (χ2v) is 5.79.